The number of hydrogen-bond donors (Lipinski definition) is 1. The van der Waals surface area contributed by atoms with Gasteiger partial charge >= 0.3 is 0 Å². The predicted molar refractivity (Wildman–Crippen MR) is 83.7 cm³/mol. The van der Waals surface area contributed by atoms with E-state index in [4.69, 9.17) is 0 Å². The van der Waals surface area contributed by atoms with Gasteiger partial charge in [0.15, 0.2) is 0 Å². The Balaban J connectivity index is 2.00. The third-order valence-corrected chi connectivity index (χ3v) is 5.32. The molecule has 1 saturated heterocycles. The van der Waals surface area contributed by atoms with Crippen molar-refractivity contribution >= 4 is 5.91 Å². The number of rotatable bonds is 6. The van der Waals surface area contributed by atoms with Crippen LogP contribution in [0.5, 0.6) is 0 Å². The minimum atomic E-state index is -0.0240. The van der Waals surface area contributed by atoms with Gasteiger partial charge in [0.25, 0.3) is 0 Å². The van der Waals surface area contributed by atoms with Crippen molar-refractivity contribution in [2.45, 2.75) is 77.7 Å². The van der Waals surface area contributed by atoms with Gasteiger partial charge in [-0.05, 0) is 45.1 Å². The topological polar surface area (TPSA) is 32.3 Å². The number of carbonyl (C=O) groups is 1. The molecule has 0 radical (unpaired) electrons. The second-order valence-corrected chi connectivity index (χ2v) is 6.74. The van der Waals surface area contributed by atoms with Gasteiger partial charge in [0.1, 0.15) is 0 Å². The van der Waals surface area contributed by atoms with Crippen LogP contribution in [0.25, 0.3) is 0 Å². The first-order valence-electron chi connectivity index (χ1n) is 8.74. The summed E-state index contributed by atoms with van der Waals surface area (Å²) in [6.07, 6.45) is 10.6. The van der Waals surface area contributed by atoms with Gasteiger partial charge in [0.2, 0.25) is 5.91 Å². The van der Waals surface area contributed by atoms with Crippen LogP contribution in [0.4, 0.5) is 0 Å². The number of nitrogens with zero attached hydrogens (tertiary/aromatic N) is 1. The van der Waals surface area contributed by atoms with E-state index in [1.807, 2.05) is 0 Å². The van der Waals surface area contributed by atoms with Crippen LogP contribution in [0, 0.1) is 5.41 Å². The molecule has 1 atom stereocenters. The van der Waals surface area contributed by atoms with Gasteiger partial charge < -0.3 is 10.2 Å². The molecule has 116 valence electrons. The first kappa shape index (κ1) is 15.8. The summed E-state index contributed by atoms with van der Waals surface area (Å²) in [5, 5.41) is 3.59. The molecule has 0 aromatic heterocycles. The Hall–Kier alpha value is -0.570. The predicted octanol–water partition coefficient (Wildman–Crippen LogP) is 3.34. The van der Waals surface area contributed by atoms with E-state index in [1.165, 1.54) is 32.1 Å². The Kier molecular flexibility index (Phi) is 5.88. The molecule has 0 aromatic rings. The van der Waals surface area contributed by atoms with Gasteiger partial charge in [-0.1, -0.05) is 33.1 Å². The molecule has 2 aliphatic rings. The maximum atomic E-state index is 13.1. The lowest BCUT2D eigenvalue weighted by Crippen LogP contribution is -2.50. The Bertz CT molecular complexity index is 304. The first-order chi connectivity index (χ1) is 9.72. The van der Waals surface area contributed by atoms with E-state index in [0.717, 1.165) is 45.3 Å². The van der Waals surface area contributed by atoms with Gasteiger partial charge in [-0.2, -0.15) is 0 Å². The van der Waals surface area contributed by atoms with Crippen molar-refractivity contribution in [2.24, 2.45) is 5.41 Å². The Morgan fingerprint density at radius 1 is 1.20 bits per heavy atom. The second kappa shape index (κ2) is 7.44. The summed E-state index contributed by atoms with van der Waals surface area (Å²) >= 11 is 0. The quantitative estimate of drug-likeness (QED) is 0.809. The molecule has 2 rings (SSSR count). The normalized spacial score (nSPS) is 25.6. The minimum absolute atomic E-state index is 0.0240. The Morgan fingerprint density at radius 3 is 2.50 bits per heavy atom. The molecule has 1 unspecified atom stereocenters. The van der Waals surface area contributed by atoms with Crippen LogP contribution in [0.1, 0.15) is 71.6 Å². The third-order valence-electron chi connectivity index (χ3n) is 5.32. The lowest BCUT2D eigenvalue weighted by molar-refractivity contribution is -0.142. The summed E-state index contributed by atoms with van der Waals surface area (Å²) in [7, 11) is 0. The largest absolute Gasteiger partial charge is 0.341 e. The Labute approximate surface area is 124 Å². The van der Waals surface area contributed by atoms with Crippen molar-refractivity contribution in [1.29, 1.82) is 0 Å². The summed E-state index contributed by atoms with van der Waals surface area (Å²) in [5.74, 6) is 0.451. The number of nitrogens with one attached hydrogen (secondary N) is 1. The van der Waals surface area contributed by atoms with E-state index in [-0.39, 0.29) is 5.41 Å². The molecule has 1 N–H and O–H groups in total. The zero-order chi connectivity index (χ0) is 14.4. The van der Waals surface area contributed by atoms with Crippen molar-refractivity contribution in [2.75, 3.05) is 19.6 Å². The number of carbonyl (C=O) groups excluding carboxylic acids is 1. The fourth-order valence-corrected chi connectivity index (χ4v) is 4.00. The van der Waals surface area contributed by atoms with Crippen LogP contribution >= 0.6 is 0 Å². The van der Waals surface area contributed by atoms with Crippen LogP contribution in [0.3, 0.4) is 0 Å². The van der Waals surface area contributed by atoms with Crippen LogP contribution < -0.4 is 5.32 Å². The van der Waals surface area contributed by atoms with E-state index >= 15 is 0 Å². The fourth-order valence-electron chi connectivity index (χ4n) is 4.00. The molecular weight excluding hydrogens is 248 g/mol. The van der Waals surface area contributed by atoms with Gasteiger partial charge in [-0.3, -0.25) is 4.79 Å². The summed E-state index contributed by atoms with van der Waals surface area (Å²) in [6, 6.07) is 0.523. The molecule has 1 aliphatic heterocycles. The third kappa shape index (κ3) is 3.55. The monoisotopic (exact) mass is 280 g/mol. The molecule has 0 bridgehead atoms. The van der Waals surface area contributed by atoms with Crippen LogP contribution in [-0.4, -0.2) is 36.5 Å². The zero-order valence-electron chi connectivity index (χ0n) is 13.4. The number of hydrogen-bond acceptors (Lipinski definition) is 2. The fraction of sp³-hybridized carbons (Fsp3) is 0.941. The van der Waals surface area contributed by atoms with Gasteiger partial charge in [-0.25, -0.2) is 0 Å². The lowest BCUT2D eigenvalue weighted by atomic mass is 9.81. The molecule has 1 amide bonds. The van der Waals surface area contributed by atoms with Crippen molar-refractivity contribution in [3.8, 4) is 0 Å². The molecule has 3 nitrogen and oxygen atoms in total. The van der Waals surface area contributed by atoms with Gasteiger partial charge in [0, 0.05) is 24.5 Å². The summed E-state index contributed by atoms with van der Waals surface area (Å²) in [5.41, 5.74) is -0.0240. The molecule has 1 heterocycles. The van der Waals surface area contributed by atoms with Gasteiger partial charge in [0.05, 0.1) is 0 Å². The summed E-state index contributed by atoms with van der Waals surface area (Å²) in [6.45, 7) is 7.36. The second-order valence-electron chi connectivity index (χ2n) is 6.74. The summed E-state index contributed by atoms with van der Waals surface area (Å²) < 4.78 is 0. The smallest absolute Gasteiger partial charge is 0.228 e. The summed E-state index contributed by atoms with van der Waals surface area (Å²) in [4.78, 5) is 15.2. The van der Waals surface area contributed by atoms with Crippen molar-refractivity contribution in [3.63, 3.8) is 0 Å². The highest BCUT2D eigenvalue weighted by Gasteiger charge is 2.41. The first-order valence-corrected chi connectivity index (χ1v) is 8.74. The molecule has 1 saturated carbocycles. The van der Waals surface area contributed by atoms with Crippen molar-refractivity contribution in [1.82, 2.24) is 10.2 Å². The van der Waals surface area contributed by atoms with E-state index in [1.54, 1.807) is 0 Å². The van der Waals surface area contributed by atoms with Crippen LogP contribution in [-0.2, 0) is 4.79 Å². The molecule has 3 heteroatoms. The van der Waals surface area contributed by atoms with Crippen LogP contribution in [0.15, 0.2) is 0 Å². The van der Waals surface area contributed by atoms with E-state index in [2.05, 4.69) is 24.1 Å². The molecular formula is C17H32N2O. The zero-order valence-corrected chi connectivity index (χ0v) is 13.4. The number of piperidine rings is 1. The average molecular weight is 280 g/mol. The van der Waals surface area contributed by atoms with Gasteiger partial charge in [-0.15, -0.1) is 0 Å². The highest BCUT2D eigenvalue weighted by Crippen LogP contribution is 2.42. The number of amides is 1. The van der Waals surface area contributed by atoms with Crippen molar-refractivity contribution in [3.05, 3.63) is 0 Å². The van der Waals surface area contributed by atoms with E-state index in [0.29, 0.717) is 11.9 Å². The molecule has 0 aromatic carbocycles. The Morgan fingerprint density at radius 2 is 1.95 bits per heavy atom. The molecule has 0 spiro atoms. The average Bonchev–Trinajstić information content (AvgIpc) is 2.97. The van der Waals surface area contributed by atoms with E-state index in [9.17, 15) is 4.79 Å². The maximum Gasteiger partial charge on any atom is 0.228 e. The highest BCUT2D eigenvalue weighted by molar-refractivity contribution is 5.83. The molecule has 20 heavy (non-hydrogen) atoms. The molecule has 1 aliphatic carbocycles. The van der Waals surface area contributed by atoms with Crippen LogP contribution in [0.2, 0.25) is 0 Å². The minimum Gasteiger partial charge on any atom is -0.341 e. The van der Waals surface area contributed by atoms with E-state index < -0.39 is 0 Å². The molecule has 2 fully saturated rings. The standard InChI is InChI=1S/C17H32N2O/c1-3-13-19(14-15-9-5-8-12-18-15)16(20)17(4-2)10-6-7-11-17/h15,18H,3-14H2,1-2H3. The SMILES string of the molecule is CCCN(CC1CCCCN1)C(=O)C1(CC)CCCC1. The van der Waals surface area contributed by atoms with Crippen molar-refractivity contribution < 1.29 is 4.79 Å². The highest BCUT2D eigenvalue weighted by atomic mass is 16.2. The maximum absolute atomic E-state index is 13.1. The lowest BCUT2D eigenvalue weighted by Gasteiger charge is -2.37.